The van der Waals surface area contributed by atoms with Crippen LogP contribution in [0.4, 0.5) is 0 Å². The standard InChI is InChI=1S/C28H29NO6/c1-16-24(27(31)33-14-17-5-8-19(32-4)9-6-17)25(18-7-10-22-23(11-18)35-15-34-22)26-20(29-16)12-28(2,3)13-21(26)30/h5-11,25,29H,12-15H2,1-4H3/t25-/m1/s1. The molecule has 2 aromatic carbocycles. The quantitative estimate of drug-likeness (QED) is 0.624. The number of ketones is 1. The van der Waals surface area contributed by atoms with E-state index in [1.54, 1.807) is 7.11 Å². The van der Waals surface area contributed by atoms with Gasteiger partial charge in [-0.25, -0.2) is 4.79 Å². The van der Waals surface area contributed by atoms with E-state index in [1.807, 2.05) is 49.4 Å². The van der Waals surface area contributed by atoms with Crippen molar-refractivity contribution in [3.05, 3.63) is 76.1 Å². The van der Waals surface area contributed by atoms with Crippen molar-refractivity contribution < 1.29 is 28.5 Å². The molecule has 0 spiro atoms. The van der Waals surface area contributed by atoms with Gasteiger partial charge in [0, 0.05) is 29.3 Å². The monoisotopic (exact) mass is 475 g/mol. The first kappa shape index (κ1) is 23.0. The van der Waals surface area contributed by atoms with Crippen LogP contribution < -0.4 is 19.5 Å². The average Bonchev–Trinajstić information content (AvgIpc) is 3.29. The van der Waals surface area contributed by atoms with Crippen LogP contribution in [0.15, 0.2) is 65.0 Å². The molecule has 2 heterocycles. The molecule has 0 aromatic heterocycles. The third-order valence-electron chi connectivity index (χ3n) is 6.72. The summed E-state index contributed by atoms with van der Waals surface area (Å²) in [4.78, 5) is 26.9. The number of carbonyl (C=O) groups excluding carboxylic acids is 2. The van der Waals surface area contributed by atoms with E-state index < -0.39 is 11.9 Å². The number of benzene rings is 2. The van der Waals surface area contributed by atoms with Crippen molar-refractivity contribution in [2.45, 2.75) is 46.1 Å². The van der Waals surface area contributed by atoms with Crippen LogP contribution in [0.5, 0.6) is 17.2 Å². The number of dihydropyridines is 1. The van der Waals surface area contributed by atoms with Gasteiger partial charge in [0.05, 0.1) is 12.7 Å². The fourth-order valence-electron chi connectivity index (χ4n) is 5.08. The first-order chi connectivity index (χ1) is 16.8. The number of hydrogen-bond acceptors (Lipinski definition) is 7. The summed E-state index contributed by atoms with van der Waals surface area (Å²) in [6.07, 6.45) is 1.14. The highest BCUT2D eigenvalue weighted by atomic mass is 16.7. The second-order valence-electron chi connectivity index (χ2n) is 9.97. The molecule has 0 saturated carbocycles. The zero-order valence-electron chi connectivity index (χ0n) is 20.4. The lowest BCUT2D eigenvalue weighted by Gasteiger charge is -2.39. The van der Waals surface area contributed by atoms with Gasteiger partial charge in [0.15, 0.2) is 17.3 Å². The van der Waals surface area contributed by atoms with E-state index in [-0.39, 0.29) is 24.6 Å². The Morgan fingerprint density at radius 2 is 1.83 bits per heavy atom. The Morgan fingerprint density at radius 3 is 2.57 bits per heavy atom. The molecule has 1 aliphatic carbocycles. The van der Waals surface area contributed by atoms with E-state index in [2.05, 4.69) is 19.2 Å². The van der Waals surface area contributed by atoms with Crippen molar-refractivity contribution >= 4 is 11.8 Å². The lowest BCUT2D eigenvalue weighted by atomic mass is 9.68. The minimum atomic E-state index is -0.548. The van der Waals surface area contributed by atoms with Crippen LogP contribution in [0, 0.1) is 5.41 Å². The highest BCUT2D eigenvalue weighted by molar-refractivity contribution is 6.04. The topological polar surface area (TPSA) is 83.1 Å². The number of esters is 1. The second-order valence-corrected chi connectivity index (χ2v) is 9.97. The normalized spacial score (nSPS) is 20.3. The summed E-state index contributed by atoms with van der Waals surface area (Å²) >= 11 is 0. The molecule has 0 fully saturated rings. The van der Waals surface area contributed by atoms with Crippen LogP contribution in [0.3, 0.4) is 0 Å². The maximum Gasteiger partial charge on any atom is 0.337 e. The van der Waals surface area contributed by atoms with Crippen LogP contribution in [0.1, 0.15) is 50.7 Å². The summed E-state index contributed by atoms with van der Waals surface area (Å²) in [6.45, 7) is 6.30. The van der Waals surface area contributed by atoms with Gasteiger partial charge < -0.3 is 24.3 Å². The van der Waals surface area contributed by atoms with Crippen molar-refractivity contribution in [3.8, 4) is 17.2 Å². The highest BCUT2D eigenvalue weighted by Crippen LogP contribution is 2.48. The molecule has 0 amide bonds. The molecule has 2 aromatic rings. The Morgan fingerprint density at radius 1 is 1.09 bits per heavy atom. The summed E-state index contributed by atoms with van der Waals surface area (Å²) < 4.78 is 22.0. The number of rotatable bonds is 5. The predicted molar refractivity (Wildman–Crippen MR) is 129 cm³/mol. The average molecular weight is 476 g/mol. The summed E-state index contributed by atoms with van der Waals surface area (Å²) in [5, 5.41) is 3.37. The Bertz CT molecular complexity index is 1250. The van der Waals surface area contributed by atoms with E-state index in [0.29, 0.717) is 34.8 Å². The number of allylic oxidation sites excluding steroid dienone is 3. The van der Waals surface area contributed by atoms with E-state index in [4.69, 9.17) is 18.9 Å². The van der Waals surface area contributed by atoms with Crippen molar-refractivity contribution in [1.82, 2.24) is 5.32 Å². The summed E-state index contributed by atoms with van der Waals surface area (Å²) in [5.41, 5.74) is 4.11. The van der Waals surface area contributed by atoms with Crippen LogP contribution in [-0.4, -0.2) is 25.7 Å². The van der Waals surface area contributed by atoms with E-state index in [1.165, 1.54) is 0 Å². The molecule has 1 atom stereocenters. The lowest BCUT2D eigenvalue weighted by molar-refractivity contribution is -0.140. The Kier molecular flexibility index (Phi) is 5.79. The van der Waals surface area contributed by atoms with Gasteiger partial charge in [-0.1, -0.05) is 32.0 Å². The van der Waals surface area contributed by atoms with Gasteiger partial charge in [-0.05, 0) is 54.2 Å². The highest BCUT2D eigenvalue weighted by Gasteiger charge is 2.43. The number of Topliss-reactive ketones (excluding diaryl/α,β-unsaturated/α-hetero) is 1. The third kappa shape index (κ3) is 4.38. The Labute approximate surface area is 204 Å². The van der Waals surface area contributed by atoms with Gasteiger partial charge in [-0.3, -0.25) is 4.79 Å². The molecular weight excluding hydrogens is 446 g/mol. The number of carbonyl (C=O) groups is 2. The molecule has 5 rings (SSSR count). The maximum atomic E-state index is 13.5. The second kappa shape index (κ2) is 8.80. The lowest BCUT2D eigenvalue weighted by Crippen LogP contribution is -2.38. The Balaban J connectivity index is 1.50. The summed E-state index contributed by atoms with van der Waals surface area (Å²) in [6, 6.07) is 12.9. The van der Waals surface area contributed by atoms with Crippen molar-refractivity contribution in [1.29, 1.82) is 0 Å². The first-order valence-corrected chi connectivity index (χ1v) is 11.7. The van der Waals surface area contributed by atoms with Crippen LogP contribution in [-0.2, 0) is 20.9 Å². The van der Waals surface area contributed by atoms with Crippen molar-refractivity contribution in [3.63, 3.8) is 0 Å². The number of ether oxygens (including phenoxy) is 4. The molecule has 1 N–H and O–H groups in total. The van der Waals surface area contributed by atoms with Gasteiger partial charge in [0.25, 0.3) is 0 Å². The smallest absolute Gasteiger partial charge is 0.337 e. The fraction of sp³-hybridized carbons (Fsp3) is 0.357. The van der Waals surface area contributed by atoms with E-state index in [9.17, 15) is 9.59 Å². The van der Waals surface area contributed by atoms with Crippen molar-refractivity contribution in [2.24, 2.45) is 5.41 Å². The van der Waals surface area contributed by atoms with Crippen LogP contribution in [0.2, 0.25) is 0 Å². The molecular formula is C28H29NO6. The molecule has 0 saturated heterocycles. The predicted octanol–water partition coefficient (Wildman–Crippen LogP) is 4.77. The first-order valence-electron chi connectivity index (χ1n) is 11.7. The van der Waals surface area contributed by atoms with Gasteiger partial charge in [0.2, 0.25) is 6.79 Å². The molecule has 0 radical (unpaired) electrons. The molecule has 182 valence electrons. The van der Waals surface area contributed by atoms with Gasteiger partial charge >= 0.3 is 5.97 Å². The largest absolute Gasteiger partial charge is 0.497 e. The van der Waals surface area contributed by atoms with E-state index in [0.717, 1.165) is 29.0 Å². The van der Waals surface area contributed by atoms with Crippen molar-refractivity contribution in [2.75, 3.05) is 13.9 Å². The minimum absolute atomic E-state index is 0.0411. The van der Waals surface area contributed by atoms with Crippen LogP contribution in [0.25, 0.3) is 0 Å². The summed E-state index contributed by atoms with van der Waals surface area (Å²) in [7, 11) is 1.60. The summed E-state index contributed by atoms with van der Waals surface area (Å²) in [5.74, 6) is 1.02. The zero-order chi connectivity index (χ0) is 24.7. The van der Waals surface area contributed by atoms with Gasteiger partial charge in [-0.15, -0.1) is 0 Å². The molecule has 3 aliphatic rings. The van der Waals surface area contributed by atoms with E-state index >= 15 is 0 Å². The molecule has 0 unspecified atom stereocenters. The molecule has 7 heteroatoms. The molecule has 35 heavy (non-hydrogen) atoms. The number of hydrogen-bond donors (Lipinski definition) is 1. The number of methoxy groups -OCH3 is 1. The SMILES string of the molecule is COc1ccc(COC(=O)C2=C(C)NC3=C(C(=O)CC(C)(C)C3)[C@@H]2c2ccc3c(c2)OCO3)cc1. The van der Waals surface area contributed by atoms with Crippen LogP contribution >= 0.6 is 0 Å². The van der Waals surface area contributed by atoms with Gasteiger partial charge in [0.1, 0.15) is 12.4 Å². The number of nitrogens with one attached hydrogen (secondary N) is 1. The fourth-order valence-corrected chi connectivity index (χ4v) is 5.08. The maximum absolute atomic E-state index is 13.5. The molecule has 2 aliphatic heterocycles. The molecule has 0 bridgehead atoms. The third-order valence-corrected chi connectivity index (χ3v) is 6.72. The molecule has 7 nitrogen and oxygen atoms in total. The zero-order valence-corrected chi connectivity index (χ0v) is 20.4. The number of fused-ring (bicyclic) bond motifs is 1. The van der Waals surface area contributed by atoms with Gasteiger partial charge in [-0.2, -0.15) is 0 Å². The Hall–Kier alpha value is -3.74. The minimum Gasteiger partial charge on any atom is -0.497 e.